The molecule has 0 aliphatic heterocycles. The highest BCUT2D eigenvalue weighted by molar-refractivity contribution is 7.26. The van der Waals surface area contributed by atoms with E-state index in [2.05, 4.69) is 447 Å². The third-order valence-corrected chi connectivity index (χ3v) is 28.0. The SMILES string of the molecule is c1ccc(C2(c3ccc(N(c4ccc(-c5ccc6oc7ccccc7c6c5)cc4)c4ccc(-c5cccc6c5oc5ccccc56)cc4)cc3)c3ccccc3-c3ccccc32)cc1.c1ccc(C2(c3ccc(N(c4ccc(-c5ccc6oc7ccccc7c6c5)cc4)c4ccc(-c5cccc6c5sc5ccccc56)cc4)cc3)c3ccccc3-c3ccccc32)cc1. The summed E-state index contributed by atoms with van der Waals surface area (Å²) >= 11 is 1.87. The number of hydrogen-bond acceptors (Lipinski definition) is 6. The van der Waals surface area contributed by atoms with Crippen LogP contribution in [-0.2, 0) is 10.8 Å². The zero-order chi connectivity index (χ0) is 84.4. The van der Waals surface area contributed by atoms with Crippen LogP contribution in [0.3, 0.4) is 0 Å². The van der Waals surface area contributed by atoms with Gasteiger partial charge in [0.05, 0.1) is 10.8 Å². The fraction of sp³-hybridized carbons (Fsp3) is 0.0164. The minimum atomic E-state index is -0.472. The summed E-state index contributed by atoms with van der Waals surface area (Å²) in [5.41, 5.74) is 35.6. The molecule has 0 fully saturated rings. The van der Waals surface area contributed by atoms with Crippen molar-refractivity contribution >= 4 is 131 Å². The van der Waals surface area contributed by atoms with Crippen LogP contribution in [0.1, 0.15) is 44.5 Å². The van der Waals surface area contributed by atoms with Crippen LogP contribution in [0.2, 0.25) is 0 Å². The number of fused-ring (bicyclic) bond motifs is 18. The van der Waals surface area contributed by atoms with Gasteiger partial charge < -0.3 is 23.1 Å². The molecule has 4 aromatic heterocycles. The predicted octanol–water partition coefficient (Wildman–Crippen LogP) is 33.8. The number of hydrogen-bond donors (Lipinski definition) is 0. The van der Waals surface area contributed by atoms with Crippen molar-refractivity contribution in [2.45, 2.75) is 10.8 Å². The summed E-state index contributed by atoms with van der Waals surface area (Å²) in [5.74, 6) is 0. The molecule has 0 saturated carbocycles. The lowest BCUT2D eigenvalue weighted by Crippen LogP contribution is -2.28. The molecule has 5 nitrogen and oxygen atoms in total. The van der Waals surface area contributed by atoms with Crippen molar-refractivity contribution in [1.82, 2.24) is 0 Å². The highest BCUT2D eigenvalue weighted by Crippen LogP contribution is 2.59. The Morgan fingerprint density at radius 2 is 0.469 bits per heavy atom. The summed E-state index contributed by atoms with van der Waals surface area (Å²) in [5, 5.41) is 9.40. The lowest BCUT2D eigenvalue weighted by molar-refractivity contribution is 0.668. The molecule has 0 bridgehead atoms. The molecule has 0 spiro atoms. The van der Waals surface area contributed by atoms with Gasteiger partial charge in [0, 0.05) is 92.2 Å². The number of para-hydroxylation sites is 4. The number of furan rings is 3. The fourth-order valence-electron chi connectivity index (χ4n) is 21.0. The van der Waals surface area contributed by atoms with Crippen LogP contribution in [0.4, 0.5) is 34.1 Å². The summed E-state index contributed by atoms with van der Waals surface area (Å²) < 4.78 is 21.4. The summed E-state index contributed by atoms with van der Waals surface area (Å²) in [7, 11) is 0. The molecule has 2 aliphatic carbocycles. The lowest BCUT2D eigenvalue weighted by atomic mass is 9.68. The first-order chi connectivity index (χ1) is 63.4. The number of benzene rings is 20. The molecule has 0 amide bonds. The Balaban J connectivity index is 0.000000139. The van der Waals surface area contributed by atoms with Crippen LogP contribution >= 0.6 is 11.3 Å². The Morgan fingerprint density at radius 3 is 0.898 bits per heavy atom. The van der Waals surface area contributed by atoms with Crippen LogP contribution < -0.4 is 9.80 Å². The molecule has 24 aromatic rings. The van der Waals surface area contributed by atoms with Crippen LogP contribution in [-0.4, -0.2) is 0 Å². The minimum absolute atomic E-state index is 0.462. The van der Waals surface area contributed by atoms with Crippen molar-refractivity contribution in [2.24, 2.45) is 0 Å². The molecule has 0 radical (unpaired) electrons. The van der Waals surface area contributed by atoms with E-state index >= 15 is 0 Å². The van der Waals surface area contributed by atoms with Crippen LogP contribution in [0, 0.1) is 0 Å². The van der Waals surface area contributed by atoms with Crippen molar-refractivity contribution in [2.75, 3.05) is 9.80 Å². The first kappa shape index (κ1) is 74.3. The van der Waals surface area contributed by atoms with E-state index < -0.39 is 10.8 Å². The summed E-state index contributed by atoms with van der Waals surface area (Å²) in [6.45, 7) is 0. The highest BCUT2D eigenvalue weighted by Gasteiger charge is 2.48. The van der Waals surface area contributed by atoms with Gasteiger partial charge in [0.2, 0.25) is 0 Å². The van der Waals surface area contributed by atoms with E-state index in [4.69, 9.17) is 13.3 Å². The van der Waals surface area contributed by atoms with E-state index in [1.807, 2.05) is 47.7 Å². The third kappa shape index (κ3) is 11.9. The number of anilines is 6. The van der Waals surface area contributed by atoms with E-state index in [0.29, 0.717) is 0 Å². The molecule has 26 rings (SSSR count). The lowest BCUT2D eigenvalue weighted by Gasteiger charge is -2.34. The number of nitrogens with zero attached hydrogens (tertiary/aromatic N) is 2. The second kappa shape index (κ2) is 30.3. The molecule has 600 valence electrons. The van der Waals surface area contributed by atoms with E-state index in [0.717, 1.165) is 133 Å². The average molecular weight is 1650 g/mol. The number of rotatable bonds is 14. The quantitative estimate of drug-likeness (QED) is 0.109. The Hall–Kier alpha value is -16.4. The summed E-state index contributed by atoms with van der Waals surface area (Å²) in [6, 6.07) is 172. The molecule has 0 saturated heterocycles. The first-order valence-corrected chi connectivity index (χ1v) is 44.6. The second-order valence-electron chi connectivity index (χ2n) is 33.5. The van der Waals surface area contributed by atoms with Gasteiger partial charge in [-0.2, -0.15) is 0 Å². The van der Waals surface area contributed by atoms with E-state index in [9.17, 15) is 0 Å². The minimum Gasteiger partial charge on any atom is -0.456 e. The molecule has 0 atom stereocenters. The maximum Gasteiger partial charge on any atom is 0.143 e. The zero-order valence-electron chi connectivity index (χ0n) is 69.6. The molecular weight excluding hydrogens is 1570 g/mol. The molecule has 2 aliphatic rings. The highest BCUT2D eigenvalue weighted by atomic mass is 32.1. The van der Waals surface area contributed by atoms with Crippen molar-refractivity contribution in [3.63, 3.8) is 0 Å². The smallest absolute Gasteiger partial charge is 0.143 e. The van der Waals surface area contributed by atoms with Crippen molar-refractivity contribution in [1.29, 1.82) is 0 Å². The zero-order valence-corrected chi connectivity index (χ0v) is 70.4. The predicted molar refractivity (Wildman–Crippen MR) is 533 cm³/mol. The molecule has 0 N–H and O–H groups in total. The first-order valence-electron chi connectivity index (χ1n) is 43.8. The van der Waals surface area contributed by atoms with Gasteiger partial charge in [-0.25, -0.2) is 0 Å². The van der Waals surface area contributed by atoms with Gasteiger partial charge in [0.1, 0.15) is 33.5 Å². The van der Waals surface area contributed by atoms with E-state index in [-0.39, 0.29) is 0 Å². The Morgan fingerprint density at radius 1 is 0.180 bits per heavy atom. The number of thiophene rings is 1. The van der Waals surface area contributed by atoms with Gasteiger partial charge in [-0.05, 0) is 227 Å². The van der Waals surface area contributed by atoms with Gasteiger partial charge in [-0.1, -0.05) is 352 Å². The Kier molecular flexibility index (Phi) is 17.6. The van der Waals surface area contributed by atoms with Crippen LogP contribution in [0.25, 0.3) is 153 Å². The monoisotopic (exact) mass is 1650 g/mol. The second-order valence-corrected chi connectivity index (χ2v) is 34.6. The standard InChI is InChI=1S/C61H39NO2.C61H39NOS/c1-2-13-43(14-3-1)61(55-21-8-4-15-49(55)50-16-5-9-22-56(50)61)44-30-36-47(37-31-44)62(45-32-25-40(26-33-45)42-29-38-59-54(39-42)52-18-7-10-23-57(52)63-59)46-34-27-41(28-35-46)48-19-12-20-53-51-17-6-11-24-58(51)64-60(48)53;1-2-13-43(14-3-1)61(55-21-8-4-15-49(55)50-16-5-9-22-56(50)61)44-30-36-47(37-31-44)62(45-32-25-40(26-33-45)42-29-38-58-54(39-42)51-17-6-10-23-57(51)63-58)46-34-27-41(28-35-46)48-19-12-20-53-52-18-7-11-24-59(52)64-60(48)53/h2*1-39H. The van der Waals surface area contributed by atoms with E-state index in [1.165, 1.54) is 98.1 Å². The van der Waals surface area contributed by atoms with Gasteiger partial charge >= 0.3 is 0 Å². The molecule has 128 heavy (non-hydrogen) atoms. The van der Waals surface area contributed by atoms with Crippen molar-refractivity contribution < 1.29 is 13.3 Å². The van der Waals surface area contributed by atoms with Gasteiger partial charge in [0.25, 0.3) is 0 Å². The summed E-state index contributed by atoms with van der Waals surface area (Å²) in [6.07, 6.45) is 0. The normalized spacial score (nSPS) is 12.8. The van der Waals surface area contributed by atoms with Crippen LogP contribution in [0.5, 0.6) is 0 Å². The van der Waals surface area contributed by atoms with Gasteiger partial charge in [-0.15, -0.1) is 11.3 Å². The third-order valence-electron chi connectivity index (χ3n) is 26.8. The largest absolute Gasteiger partial charge is 0.456 e. The summed E-state index contributed by atoms with van der Waals surface area (Å²) in [4.78, 5) is 4.74. The fourth-order valence-corrected chi connectivity index (χ4v) is 22.2. The molecule has 6 heteroatoms. The van der Waals surface area contributed by atoms with Crippen LogP contribution in [0.15, 0.2) is 486 Å². The maximum atomic E-state index is 6.46. The average Bonchev–Trinajstić information content (AvgIpc) is 1.54. The molecule has 4 heterocycles. The van der Waals surface area contributed by atoms with Gasteiger partial charge in [-0.3, -0.25) is 0 Å². The molecule has 20 aromatic carbocycles. The Labute approximate surface area is 744 Å². The maximum absolute atomic E-state index is 6.46. The Bertz CT molecular complexity index is 7830. The topological polar surface area (TPSA) is 45.9 Å². The van der Waals surface area contributed by atoms with Crippen molar-refractivity contribution in [3.8, 4) is 66.8 Å². The van der Waals surface area contributed by atoms with Crippen molar-refractivity contribution in [3.05, 3.63) is 518 Å². The van der Waals surface area contributed by atoms with E-state index in [1.54, 1.807) is 0 Å². The molecule has 0 unspecified atom stereocenters. The van der Waals surface area contributed by atoms with Gasteiger partial charge in [0.15, 0.2) is 0 Å². The molecular formula is C122H78N2O3S.